The maximum absolute atomic E-state index is 11.8. The fourth-order valence-electron chi connectivity index (χ4n) is 1.98. The summed E-state index contributed by atoms with van der Waals surface area (Å²) in [5, 5.41) is 18.6. The van der Waals surface area contributed by atoms with Crippen LogP contribution in [0.3, 0.4) is 0 Å². The van der Waals surface area contributed by atoms with E-state index in [0.717, 1.165) is 16.7 Å². The Labute approximate surface area is 128 Å². The molecule has 0 unspecified atom stereocenters. The van der Waals surface area contributed by atoms with Gasteiger partial charge in [-0.2, -0.15) is 0 Å². The molecule has 0 bridgehead atoms. The molecular weight excluding hydrogens is 284 g/mol. The highest BCUT2D eigenvalue weighted by molar-refractivity contribution is 5.89. The maximum Gasteiger partial charge on any atom is 0.325 e. The molecule has 1 aromatic carbocycles. The van der Waals surface area contributed by atoms with Crippen LogP contribution in [0, 0.1) is 0 Å². The topological polar surface area (TPSA) is 97.1 Å². The van der Waals surface area contributed by atoms with Crippen LogP contribution in [-0.2, 0) is 29.0 Å². The van der Waals surface area contributed by atoms with Crippen LogP contribution < -0.4 is 5.32 Å². The fraction of sp³-hybridized carbons (Fsp3) is 0.333. The van der Waals surface area contributed by atoms with E-state index >= 15 is 0 Å². The maximum atomic E-state index is 11.8. The number of nitrogens with zero attached hydrogens (tertiary/aromatic N) is 3. The molecule has 0 radical (unpaired) electrons. The number of carboxylic acids is 1. The van der Waals surface area contributed by atoms with Gasteiger partial charge in [0.2, 0.25) is 5.91 Å². The van der Waals surface area contributed by atoms with Gasteiger partial charge in [-0.25, -0.2) is 4.68 Å². The highest BCUT2D eigenvalue weighted by atomic mass is 16.4. The van der Waals surface area contributed by atoms with Gasteiger partial charge in [-0.3, -0.25) is 9.59 Å². The summed E-state index contributed by atoms with van der Waals surface area (Å²) in [5.74, 6) is -0.937. The molecule has 2 rings (SSSR count). The van der Waals surface area contributed by atoms with E-state index in [1.54, 1.807) is 0 Å². The summed E-state index contributed by atoms with van der Waals surface area (Å²) in [5.41, 5.74) is 2.37. The summed E-state index contributed by atoms with van der Waals surface area (Å²) >= 11 is 0. The van der Waals surface area contributed by atoms with Crippen LogP contribution in [0.15, 0.2) is 30.5 Å². The molecule has 2 N–H and O–H groups in total. The third-order valence-electron chi connectivity index (χ3n) is 3.18. The fourth-order valence-corrected chi connectivity index (χ4v) is 1.98. The van der Waals surface area contributed by atoms with E-state index in [1.165, 1.54) is 11.8 Å². The highest BCUT2D eigenvalue weighted by Gasteiger charge is 2.08. The van der Waals surface area contributed by atoms with Crippen LogP contribution in [0.25, 0.3) is 0 Å². The van der Waals surface area contributed by atoms with E-state index in [1.807, 2.05) is 12.1 Å². The number of carboxylic acid groups (broad SMARTS) is 1. The molecule has 2 aromatic rings. The number of carbonyl (C=O) groups is 2. The van der Waals surface area contributed by atoms with Crippen LogP contribution in [-0.4, -0.2) is 32.0 Å². The number of amides is 1. The number of benzene rings is 1. The minimum absolute atomic E-state index is 0.179. The Morgan fingerprint density at radius 1 is 1.23 bits per heavy atom. The summed E-state index contributed by atoms with van der Waals surface area (Å²) in [6, 6.07) is 8.17. The predicted molar refractivity (Wildman–Crippen MR) is 80.4 cm³/mol. The van der Waals surface area contributed by atoms with Gasteiger partial charge < -0.3 is 10.4 Å². The smallest absolute Gasteiger partial charge is 0.325 e. The van der Waals surface area contributed by atoms with Gasteiger partial charge in [0.15, 0.2) is 5.82 Å². The molecule has 0 saturated carbocycles. The monoisotopic (exact) mass is 302 g/mol. The second-order valence-electron chi connectivity index (χ2n) is 4.91. The number of aliphatic carboxylic acids is 1. The van der Waals surface area contributed by atoms with E-state index in [2.05, 4.69) is 34.7 Å². The zero-order chi connectivity index (χ0) is 15.9. The average molecular weight is 302 g/mol. The molecule has 0 aliphatic heterocycles. The van der Waals surface area contributed by atoms with Crippen molar-refractivity contribution in [3.63, 3.8) is 0 Å². The molecule has 0 aliphatic carbocycles. The number of hydrogen-bond donors (Lipinski definition) is 2. The molecule has 7 nitrogen and oxygen atoms in total. The zero-order valence-electron chi connectivity index (χ0n) is 12.3. The molecule has 1 amide bonds. The van der Waals surface area contributed by atoms with Crippen molar-refractivity contribution >= 4 is 17.7 Å². The normalized spacial score (nSPS) is 10.4. The van der Waals surface area contributed by atoms with Crippen molar-refractivity contribution in [2.45, 2.75) is 32.7 Å². The molecule has 116 valence electrons. The van der Waals surface area contributed by atoms with Crippen LogP contribution in [0.1, 0.15) is 24.5 Å². The van der Waals surface area contributed by atoms with E-state index < -0.39 is 5.97 Å². The Kier molecular flexibility index (Phi) is 5.24. The second-order valence-corrected chi connectivity index (χ2v) is 4.91. The van der Waals surface area contributed by atoms with Gasteiger partial charge in [-0.1, -0.05) is 36.4 Å². The highest BCUT2D eigenvalue weighted by Crippen LogP contribution is 2.08. The first-order valence-corrected chi connectivity index (χ1v) is 7.06. The number of rotatable bonds is 7. The molecule has 7 heteroatoms. The lowest BCUT2D eigenvalue weighted by Gasteiger charge is -2.03. The van der Waals surface area contributed by atoms with Gasteiger partial charge in [0.25, 0.3) is 0 Å². The Morgan fingerprint density at radius 3 is 2.55 bits per heavy atom. The van der Waals surface area contributed by atoms with Crippen molar-refractivity contribution in [2.75, 3.05) is 5.32 Å². The molecule has 0 aliphatic rings. The summed E-state index contributed by atoms with van der Waals surface area (Å²) in [7, 11) is 0. The molecule has 0 atom stereocenters. The first kappa shape index (κ1) is 15.7. The molecule has 0 spiro atoms. The first-order valence-electron chi connectivity index (χ1n) is 7.06. The number of aryl methyl sites for hydroxylation is 2. The van der Waals surface area contributed by atoms with E-state index in [4.69, 9.17) is 5.11 Å². The van der Waals surface area contributed by atoms with Gasteiger partial charge in [0.05, 0.1) is 6.20 Å². The minimum Gasteiger partial charge on any atom is -0.480 e. The minimum atomic E-state index is -1.02. The molecule has 0 fully saturated rings. The van der Waals surface area contributed by atoms with Crippen LogP contribution in [0.4, 0.5) is 5.82 Å². The van der Waals surface area contributed by atoms with Crippen LogP contribution >= 0.6 is 0 Å². The van der Waals surface area contributed by atoms with Gasteiger partial charge in [-0.15, -0.1) is 5.10 Å². The zero-order valence-corrected chi connectivity index (χ0v) is 12.3. The summed E-state index contributed by atoms with van der Waals surface area (Å²) in [6.45, 7) is 1.81. The standard InChI is InChI=1S/C15H18N4O3/c1-2-11-3-5-12(6-4-11)7-8-14(20)16-13-9-19(18-17-13)10-15(21)22/h3-6,9H,2,7-8,10H2,1H3,(H,16,20)(H,21,22). The van der Waals surface area contributed by atoms with E-state index in [-0.39, 0.29) is 18.3 Å². The molecular formula is C15H18N4O3. The summed E-state index contributed by atoms with van der Waals surface area (Å²) in [6.07, 6.45) is 3.35. The van der Waals surface area contributed by atoms with Gasteiger partial charge in [0.1, 0.15) is 6.54 Å². The number of aromatic nitrogens is 3. The van der Waals surface area contributed by atoms with Crippen LogP contribution in [0.2, 0.25) is 0 Å². The van der Waals surface area contributed by atoms with E-state index in [9.17, 15) is 9.59 Å². The number of nitrogens with one attached hydrogen (secondary N) is 1. The Balaban J connectivity index is 1.82. The van der Waals surface area contributed by atoms with Crippen molar-refractivity contribution in [1.29, 1.82) is 0 Å². The van der Waals surface area contributed by atoms with Crippen LogP contribution in [0.5, 0.6) is 0 Å². The third-order valence-corrected chi connectivity index (χ3v) is 3.18. The number of hydrogen-bond acceptors (Lipinski definition) is 4. The van der Waals surface area contributed by atoms with Crippen molar-refractivity contribution in [3.8, 4) is 0 Å². The van der Waals surface area contributed by atoms with Crippen molar-refractivity contribution in [3.05, 3.63) is 41.6 Å². The lowest BCUT2D eigenvalue weighted by Crippen LogP contribution is -2.12. The molecule has 22 heavy (non-hydrogen) atoms. The summed E-state index contributed by atoms with van der Waals surface area (Å²) < 4.78 is 1.15. The molecule has 1 aromatic heterocycles. The lowest BCUT2D eigenvalue weighted by atomic mass is 10.1. The Morgan fingerprint density at radius 2 is 1.91 bits per heavy atom. The Bertz CT molecular complexity index is 649. The second kappa shape index (κ2) is 7.35. The quantitative estimate of drug-likeness (QED) is 0.807. The van der Waals surface area contributed by atoms with E-state index in [0.29, 0.717) is 12.8 Å². The Hall–Kier alpha value is -2.70. The van der Waals surface area contributed by atoms with Crippen molar-refractivity contribution < 1.29 is 14.7 Å². The van der Waals surface area contributed by atoms with Crippen molar-refractivity contribution in [1.82, 2.24) is 15.0 Å². The van der Waals surface area contributed by atoms with Crippen molar-refractivity contribution in [2.24, 2.45) is 0 Å². The largest absolute Gasteiger partial charge is 0.480 e. The van der Waals surface area contributed by atoms with Gasteiger partial charge in [-0.05, 0) is 24.0 Å². The first-order chi connectivity index (χ1) is 10.6. The summed E-state index contributed by atoms with van der Waals surface area (Å²) in [4.78, 5) is 22.4. The lowest BCUT2D eigenvalue weighted by molar-refractivity contribution is -0.137. The molecule has 1 heterocycles. The van der Waals surface area contributed by atoms with Gasteiger partial charge >= 0.3 is 5.97 Å². The third kappa shape index (κ3) is 4.69. The number of carbonyl (C=O) groups excluding carboxylic acids is 1. The SMILES string of the molecule is CCc1ccc(CCC(=O)Nc2cn(CC(=O)O)nn2)cc1. The predicted octanol–water partition coefficient (Wildman–Crippen LogP) is 1.50. The molecule has 0 saturated heterocycles. The average Bonchev–Trinajstić information content (AvgIpc) is 2.92. The number of anilines is 1. The van der Waals surface area contributed by atoms with Gasteiger partial charge in [0, 0.05) is 6.42 Å².